The molecule has 0 aliphatic carbocycles. The number of benzene rings is 4. The molecular weight excluding hydrogens is 640 g/mol. The molecule has 51 heavy (non-hydrogen) atoms. The molecule has 0 unspecified atom stereocenters. The summed E-state index contributed by atoms with van der Waals surface area (Å²) in [6, 6.07) is 21.6. The maximum atomic E-state index is 12.4. The van der Waals surface area contributed by atoms with Crippen LogP contribution in [0.4, 0.5) is 11.4 Å². The summed E-state index contributed by atoms with van der Waals surface area (Å²) in [5, 5.41) is 26.3. The Kier molecular flexibility index (Phi) is 15.4. The lowest BCUT2D eigenvalue weighted by Gasteiger charge is -2.15. The average molecular weight is 693 g/mol. The number of hydrogen-bond acceptors (Lipinski definition) is 8. The van der Waals surface area contributed by atoms with E-state index < -0.39 is 0 Å². The summed E-state index contributed by atoms with van der Waals surface area (Å²) in [5.74, 6) is 1.43. The number of phenolic OH excluding ortho intramolecular Hbond substituents is 2. The van der Waals surface area contributed by atoms with E-state index in [1.165, 1.54) is 6.08 Å². The Hall–Kier alpha value is -5.50. The van der Waals surface area contributed by atoms with Crippen LogP contribution in [0, 0.1) is 0 Å². The number of hydrogen-bond donors (Lipinski definition) is 4. The monoisotopic (exact) mass is 692 g/mol. The fourth-order valence-corrected chi connectivity index (χ4v) is 5.12. The van der Waals surface area contributed by atoms with Crippen molar-refractivity contribution in [2.75, 3.05) is 24.7 Å². The molecular formula is C43H52N2O6. The number of carbonyl (C=O) groups is 2. The standard InChI is InChI=1S/C22H27NO3.C21H25NO3/c1-5-6-17-13-18(22(14-21(17)25)26-15(2)3)9-12-20(24)16-7-10-19(23-4)11-8-16;1-5-15-12-17(21(13-20(15)24)25-14(2)3)8-11-19(23)16-6-9-18(22-4)10-7-16/h7-15,23,25H,5-6H2,1-4H3;6-14,22,24H,5H2,1-4H3/b12-9+;11-8+. The van der Waals surface area contributed by atoms with E-state index >= 15 is 0 Å². The van der Waals surface area contributed by atoms with E-state index in [1.807, 2.05) is 85.1 Å². The Bertz CT molecular complexity index is 1810. The zero-order chi connectivity index (χ0) is 37.5. The summed E-state index contributed by atoms with van der Waals surface area (Å²) in [5.41, 5.74) is 6.41. The number of rotatable bonds is 15. The van der Waals surface area contributed by atoms with Gasteiger partial charge in [0, 0.05) is 59.9 Å². The predicted octanol–water partition coefficient (Wildman–Crippen LogP) is 9.75. The molecule has 0 atom stereocenters. The van der Waals surface area contributed by atoms with Gasteiger partial charge in [-0.05, 0) is 137 Å². The Labute approximate surface area is 302 Å². The Morgan fingerprint density at radius 2 is 1.04 bits per heavy atom. The van der Waals surface area contributed by atoms with E-state index in [4.69, 9.17) is 9.47 Å². The van der Waals surface area contributed by atoms with Crippen LogP contribution in [0.15, 0.2) is 84.9 Å². The second-order valence-corrected chi connectivity index (χ2v) is 12.5. The molecule has 4 rings (SSSR count). The van der Waals surface area contributed by atoms with Gasteiger partial charge in [-0.15, -0.1) is 0 Å². The smallest absolute Gasteiger partial charge is 0.185 e. The van der Waals surface area contributed by atoms with E-state index in [0.717, 1.165) is 46.5 Å². The van der Waals surface area contributed by atoms with Crippen LogP contribution in [-0.2, 0) is 12.8 Å². The van der Waals surface area contributed by atoms with Crippen LogP contribution < -0.4 is 20.1 Å². The van der Waals surface area contributed by atoms with Gasteiger partial charge in [0.25, 0.3) is 0 Å². The number of aromatic hydroxyl groups is 2. The van der Waals surface area contributed by atoms with Gasteiger partial charge < -0.3 is 30.3 Å². The lowest BCUT2D eigenvalue weighted by molar-refractivity contribution is 0.103. The van der Waals surface area contributed by atoms with E-state index in [9.17, 15) is 19.8 Å². The molecule has 4 aromatic carbocycles. The van der Waals surface area contributed by atoms with Crippen molar-refractivity contribution in [3.63, 3.8) is 0 Å². The van der Waals surface area contributed by atoms with Gasteiger partial charge in [0.05, 0.1) is 12.2 Å². The number of anilines is 2. The number of nitrogens with one attached hydrogen (secondary N) is 2. The van der Waals surface area contributed by atoms with Gasteiger partial charge >= 0.3 is 0 Å². The largest absolute Gasteiger partial charge is 0.508 e. The summed E-state index contributed by atoms with van der Waals surface area (Å²) in [7, 11) is 3.68. The van der Waals surface area contributed by atoms with Crippen molar-refractivity contribution in [1.29, 1.82) is 0 Å². The first-order valence-electron chi connectivity index (χ1n) is 17.4. The average Bonchev–Trinajstić information content (AvgIpc) is 3.11. The SMILES string of the molecule is CCCc1cc(/C=C/C(=O)c2ccc(NC)cc2)c(OC(C)C)cc1O.CCc1cc(/C=C/C(=O)c2ccc(NC)cc2)c(OC(C)C)cc1O. The summed E-state index contributed by atoms with van der Waals surface area (Å²) in [6.45, 7) is 11.7. The van der Waals surface area contributed by atoms with E-state index in [2.05, 4.69) is 17.6 Å². The molecule has 0 bridgehead atoms. The Balaban J connectivity index is 0.000000276. The molecule has 0 aliphatic heterocycles. The van der Waals surface area contributed by atoms with E-state index in [0.29, 0.717) is 29.0 Å². The minimum atomic E-state index is -0.0794. The molecule has 0 aromatic heterocycles. The lowest BCUT2D eigenvalue weighted by Crippen LogP contribution is -2.07. The summed E-state index contributed by atoms with van der Waals surface area (Å²) in [4.78, 5) is 24.8. The molecule has 4 N–H and O–H groups in total. The molecule has 4 aromatic rings. The Morgan fingerprint density at radius 1 is 0.647 bits per heavy atom. The van der Waals surface area contributed by atoms with Crippen molar-refractivity contribution in [2.45, 2.75) is 73.0 Å². The quantitative estimate of drug-likeness (QED) is 0.0719. The first-order chi connectivity index (χ1) is 24.4. The minimum absolute atomic E-state index is 0.0242. The number of phenols is 2. The van der Waals surface area contributed by atoms with Gasteiger partial charge in [-0.2, -0.15) is 0 Å². The topological polar surface area (TPSA) is 117 Å². The van der Waals surface area contributed by atoms with Gasteiger partial charge in [-0.3, -0.25) is 9.59 Å². The van der Waals surface area contributed by atoms with Crippen molar-refractivity contribution in [3.05, 3.63) is 118 Å². The van der Waals surface area contributed by atoms with Gasteiger partial charge in [0.2, 0.25) is 0 Å². The molecule has 0 aliphatic rings. The predicted molar refractivity (Wildman–Crippen MR) is 210 cm³/mol. The van der Waals surface area contributed by atoms with Crippen molar-refractivity contribution < 1.29 is 29.3 Å². The van der Waals surface area contributed by atoms with E-state index in [1.54, 1.807) is 54.6 Å². The summed E-state index contributed by atoms with van der Waals surface area (Å²) in [6.07, 6.45) is 8.93. The van der Waals surface area contributed by atoms with Crippen molar-refractivity contribution in [2.24, 2.45) is 0 Å². The second kappa shape index (κ2) is 19.6. The summed E-state index contributed by atoms with van der Waals surface area (Å²) < 4.78 is 11.6. The van der Waals surface area contributed by atoms with Crippen LogP contribution >= 0.6 is 0 Å². The van der Waals surface area contributed by atoms with Crippen molar-refractivity contribution in [3.8, 4) is 23.0 Å². The van der Waals surface area contributed by atoms with Gasteiger partial charge in [0.15, 0.2) is 11.6 Å². The molecule has 8 nitrogen and oxygen atoms in total. The number of aryl methyl sites for hydroxylation is 2. The van der Waals surface area contributed by atoms with Gasteiger partial charge in [-0.1, -0.05) is 20.3 Å². The number of ketones is 2. The highest BCUT2D eigenvalue weighted by Crippen LogP contribution is 2.32. The third-order valence-corrected chi connectivity index (χ3v) is 7.79. The molecule has 0 radical (unpaired) electrons. The molecule has 270 valence electrons. The highest BCUT2D eigenvalue weighted by atomic mass is 16.5. The summed E-state index contributed by atoms with van der Waals surface area (Å²) >= 11 is 0. The Morgan fingerprint density at radius 3 is 1.39 bits per heavy atom. The molecule has 0 spiro atoms. The first kappa shape index (κ1) is 39.9. The third-order valence-electron chi connectivity index (χ3n) is 7.79. The van der Waals surface area contributed by atoms with E-state index in [-0.39, 0.29) is 35.3 Å². The van der Waals surface area contributed by atoms with Gasteiger partial charge in [0.1, 0.15) is 23.0 Å². The lowest BCUT2D eigenvalue weighted by atomic mass is 10.0. The van der Waals surface area contributed by atoms with Gasteiger partial charge in [-0.25, -0.2) is 0 Å². The van der Waals surface area contributed by atoms with Crippen LogP contribution in [0.1, 0.15) is 90.9 Å². The fourth-order valence-electron chi connectivity index (χ4n) is 5.12. The highest BCUT2D eigenvalue weighted by molar-refractivity contribution is 6.07. The molecule has 0 saturated carbocycles. The van der Waals surface area contributed by atoms with Crippen LogP contribution in [-0.4, -0.2) is 48.1 Å². The maximum Gasteiger partial charge on any atom is 0.185 e. The molecule has 0 heterocycles. The highest BCUT2D eigenvalue weighted by Gasteiger charge is 2.12. The minimum Gasteiger partial charge on any atom is -0.508 e. The third kappa shape index (κ3) is 12.1. The second-order valence-electron chi connectivity index (χ2n) is 12.5. The van der Waals surface area contributed by atoms with Crippen LogP contribution in [0.2, 0.25) is 0 Å². The fraction of sp³-hybridized carbons (Fsp3) is 0.302. The normalized spacial score (nSPS) is 11.1. The number of ether oxygens (including phenoxy) is 2. The first-order valence-corrected chi connectivity index (χ1v) is 17.4. The molecule has 0 fully saturated rings. The van der Waals surface area contributed by atoms with Crippen molar-refractivity contribution in [1.82, 2.24) is 0 Å². The van der Waals surface area contributed by atoms with Crippen molar-refractivity contribution >= 4 is 35.1 Å². The zero-order valence-electron chi connectivity index (χ0n) is 31.0. The van der Waals surface area contributed by atoms with Crippen LogP contribution in [0.3, 0.4) is 0 Å². The molecule has 0 amide bonds. The zero-order valence-corrected chi connectivity index (χ0v) is 31.0. The number of allylic oxidation sites excluding steroid dienone is 2. The van der Waals surface area contributed by atoms with Crippen LogP contribution in [0.5, 0.6) is 23.0 Å². The molecule has 8 heteroatoms. The van der Waals surface area contributed by atoms with Crippen LogP contribution in [0.25, 0.3) is 12.2 Å². The maximum absolute atomic E-state index is 12.4. The molecule has 0 saturated heterocycles. The number of carbonyl (C=O) groups excluding carboxylic acids is 2.